The van der Waals surface area contributed by atoms with E-state index in [1.54, 1.807) is 0 Å². The molecule has 0 aromatic heterocycles. The lowest BCUT2D eigenvalue weighted by molar-refractivity contribution is -0.138. The van der Waals surface area contributed by atoms with Crippen molar-refractivity contribution in [3.05, 3.63) is 0 Å². The van der Waals surface area contributed by atoms with E-state index < -0.39 is 5.97 Å². The van der Waals surface area contributed by atoms with Gasteiger partial charge in [0.2, 0.25) is 0 Å². The number of hydrogen-bond acceptors (Lipinski definition) is 2. The number of hydrogen-bond donors (Lipinski definition) is 1. The lowest BCUT2D eigenvalue weighted by Crippen LogP contribution is -2.34. The normalized spacial score (nSPS) is 23.9. The zero-order valence-corrected chi connectivity index (χ0v) is 9.54. The fourth-order valence-electron chi connectivity index (χ4n) is 2.64. The summed E-state index contributed by atoms with van der Waals surface area (Å²) in [6, 6.07) is 0. The van der Waals surface area contributed by atoms with Crippen LogP contribution in [0.3, 0.4) is 0 Å². The molecule has 0 heterocycles. The first-order valence-corrected chi connectivity index (χ1v) is 6.00. The van der Waals surface area contributed by atoms with Crippen LogP contribution in [0.4, 0.5) is 0 Å². The minimum Gasteiger partial charge on any atom is -0.481 e. The highest BCUT2D eigenvalue weighted by Gasteiger charge is 2.45. The number of carboxylic acid groups (broad SMARTS) is 1. The Kier molecular flexibility index (Phi) is 3.01. The SMILES string of the molecule is CN(CC1CCC1)CC1(CC(=O)O)CC1. The largest absolute Gasteiger partial charge is 0.481 e. The summed E-state index contributed by atoms with van der Waals surface area (Å²) in [5.74, 6) is 0.250. The average Bonchev–Trinajstić information content (AvgIpc) is 2.76. The van der Waals surface area contributed by atoms with Gasteiger partial charge in [-0.15, -0.1) is 0 Å². The summed E-state index contributed by atoms with van der Waals surface area (Å²) in [6.07, 6.45) is 6.70. The maximum Gasteiger partial charge on any atom is 0.303 e. The first-order valence-electron chi connectivity index (χ1n) is 6.00. The van der Waals surface area contributed by atoms with Gasteiger partial charge in [-0.05, 0) is 44.1 Å². The Morgan fingerprint density at radius 3 is 2.53 bits per heavy atom. The fraction of sp³-hybridized carbons (Fsp3) is 0.917. The second-order valence-corrected chi connectivity index (χ2v) is 5.56. The monoisotopic (exact) mass is 211 g/mol. The van der Waals surface area contributed by atoms with Gasteiger partial charge in [-0.2, -0.15) is 0 Å². The second kappa shape index (κ2) is 4.12. The number of carbonyl (C=O) groups is 1. The van der Waals surface area contributed by atoms with E-state index in [1.165, 1.54) is 25.8 Å². The van der Waals surface area contributed by atoms with Crippen molar-refractivity contribution in [2.24, 2.45) is 11.3 Å². The van der Waals surface area contributed by atoms with E-state index in [0.29, 0.717) is 6.42 Å². The molecule has 0 amide bonds. The summed E-state index contributed by atoms with van der Waals surface area (Å²) >= 11 is 0. The van der Waals surface area contributed by atoms with Crippen LogP contribution in [0.15, 0.2) is 0 Å². The van der Waals surface area contributed by atoms with Crippen molar-refractivity contribution in [2.75, 3.05) is 20.1 Å². The molecule has 1 N–H and O–H groups in total. The van der Waals surface area contributed by atoms with Crippen LogP contribution < -0.4 is 0 Å². The minimum atomic E-state index is -0.635. The first-order chi connectivity index (χ1) is 7.10. The third kappa shape index (κ3) is 2.94. The predicted octanol–water partition coefficient (Wildman–Crippen LogP) is 1.97. The quantitative estimate of drug-likeness (QED) is 0.730. The van der Waals surface area contributed by atoms with Crippen LogP contribution in [0.2, 0.25) is 0 Å². The van der Waals surface area contributed by atoms with Gasteiger partial charge >= 0.3 is 5.97 Å². The van der Waals surface area contributed by atoms with Gasteiger partial charge in [0.1, 0.15) is 0 Å². The van der Waals surface area contributed by atoms with Crippen molar-refractivity contribution < 1.29 is 9.90 Å². The smallest absolute Gasteiger partial charge is 0.303 e. The molecule has 0 unspecified atom stereocenters. The molecule has 0 aliphatic heterocycles. The van der Waals surface area contributed by atoms with Gasteiger partial charge < -0.3 is 10.0 Å². The van der Waals surface area contributed by atoms with Crippen molar-refractivity contribution in [3.8, 4) is 0 Å². The lowest BCUT2D eigenvalue weighted by atomic mass is 9.85. The summed E-state index contributed by atoms with van der Waals surface area (Å²) in [4.78, 5) is 13.1. The van der Waals surface area contributed by atoms with Crippen LogP contribution >= 0.6 is 0 Å². The molecule has 2 saturated carbocycles. The Morgan fingerprint density at radius 1 is 1.47 bits per heavy atom. The van der Waals surface area contributed by atoms with E-state index in [1.807, 2.05) is 0 Å². The summed E-state index contributed by atoms with van der Waals surface area (Å²) in [5.41, 5.74) is 0.129. The zero-order valence-electron chi connectivity index (χ0n) is 9.54. The van der Waals surface area contributed by atoms with Crippen molar-refractivity contribution in [3.63, 3.8) is 0 Å². The van der Waals surface area contributed by atoms with Gasteiger partial charge in [-0.3, -0.25) is 4.79 Å². The Balaban J connectivity index is 1.72. The van der Waals surface area contributed by atoms with E-state index >= 15 is 0 Å². The molecule has 3 nitrogen and oxygen atoms in total. The summed E-state index contributed by atoms with van der Waals surface area (Å²) in [7, 11) is 2.14. The maximum absolute atomic E-state index is 10.7. The van der Waals surface area contributed by atoms with Gasteiger partial charge in [-0.1, -0.05) is 6.42 Å². The molecule has 86 valence electrons. The molecule has 0 spiro atoms. The molecule has 2 fully saturated rings. The second-order valence-electron chi connectivity index (χ2n) is 5.56. The van der Waals surface area contributed by atoms with Crippen molar-refractivity contribution >= 4 is 5.97 Å². The number of rotatable bonds is 6. The Bertz CT molecular complexity index is 244. The molecule has 0 radical (unpaired) electrons. The van der Waals surface area contributed by atoms with Crippen LogP contribution in [0.1, 0.15) is 38.5 Å². The van der Waals surface area contributed by atoms with Gasteiger partial charge in [0.25, 0.3) is 0 Å². The van der Waals surface area contributed by atoms with Crippen LogP contribution in [-0.2, 0) is 4.79 Å². The molecule has 2 rings (SSSR count). The summed E-state index contributed by atoms with van der Waals surface area (Å²) < 4.78 is 0. The highest BCUT2D eigenvalue weighted by molar-refractivity contribution is 5.68. The Morgan fingerprint density at radius 2 is 2.13 bits per heavy atom. The van der Waals surface area contributed by atoms with Crippen LogP contribution in [0.25, 0.3) is 0 Å². The van der Waals surface area contributed by atoms with E-state index in [0.717, 1.165) is 25.3 Å². The summed E-state index contributed by atoms with van der Waals surface area (Å²) in [5, 5.41) is 8.82. The maximum atomic E-state index is 10.7. The standard InChI is InChI=1S/C12H21NO2/c1-13(8-10-3-2-4-10)9-12(5-6-12)7-11(14)15/h10H,2-9H2,1H3,(H,14,15). The highest BCUT2D eigenvalue weighted by Crippen LogP contribution is 2.49. The van der Waals surface area contributed by atoms with E-state index in [2.05, 4.69) is 11.9 Å². The third-order valence-corrected chi connectivity index (χ3v) is 3.88. The van der Waals surface area contributed by atoms with Gasteiger partial charge in [-0.25, -0.2) is 0 Å². The van der Waals surface area contributed by atoms with E-state index in [9.17, 15) is 4.79 Å². The van der Waals surface area contributed by atoms with Gasteiger partial charge in [0.05, 0.1) is 6.42 Å². The number of aliphatic carboxylic acids is 1. The third-order valence-electron chi connectivity index (χ3n) is 3.88. The molecule has 2 aliphatic carbocycles. The molecule has 0 aromatic carbocycles. The van der Waals surface area contributed by atoms with Gasteiger partial charge in [0.15, 0.2) is 0 Å². The minimum absolute atomic E-state index is 0.129. The molecular formula is C12H21NO2. The fourth-order valence-corrected chi connectivity index (χ4v) is 2.64. The highest BCUT2D eigenvalue weighted by atomic mass is 16.4. The molecule has 0 bridgehead atoms. The molecule has 15 heavy (non-hydrogen) atoms. The molecule has 3 heteroatoms. The molecule has 0 atom stereocenters. The summed E-state index contributed by atoms with van der Waals surface area (Å²) in [6.45, 7) is 2.15. The molecule has 0 aromatic rings. The van der Waals surface area contributed by atoms with Gasteiger partial charge in [0, 0.05) is 13.1 Å². The van der Waals surface area contributed by atoms with Crippen LogP contribution in [0.5, 0.6) is 0 Å². The zero-order chi connectivity index (χ0) is 10.9. The first kappa shape index (κ1) is 10.9. The van der Waals surface area contributed by atoms with Crippen molar-refractivity contribution in [1.82, 2.24) is 4.90 Å². The topological polar surface area (TPSA) is 40.5 Å². The number of carboxylic acids is 1. The van der Waals surface area contributed by atoms with Crippen molar-refractivity contribution in [2.45, 2.75) is 38.5 Å². The molecule has 0 saturated heterocycles. The van der Waals surface area contributed by atoms with E-state index in [-0.39, 0.29) is 5.41 Å². The molecular weight excluding hydrogens is 190 g/mol. The Hall–Kier alpha value is -0.570. The molecule has 2 aliphatic rings. The van der Waals surface area contributed by atoms with Crippen LogP contribution in [-0.4, -0.2) is 36.1 Å². The number of nitrogens with zero attached hydrogens (tertiary/aromatic N) is 1. The Labute approximate surface area is 91.5 Å². The van der Waals surface area contributed by atoms with Crippen LogP contribution in [0, 0.1) is 11.3 Å². The lowest BCUT2D eigenvalue weighted by Gasteiger charge is -2.31. The average molecular weight is 211 g/mol. The van der Waals surface area contributed by atoms with Crippen molar-refractivity contribution in [1.29, 1.82) is 0 Å². The predicted molar refractivity (Wildman–Crippen MR) is 58.8 cm³/mol. The van der Waals surface area contributed by atoms with E-state index in [4.69, 9.17) is 5.11 Å².